The predicted octanol–water partition coefficient (Wildman–Crippen LogP) is 0.522. The Balaban J connectivity index is 2.80. The number of benzene rings is 1. The van der Waals surface area contributed by atoms with Crippen molar-refractivity contribution in [3.63, 3.8) is 0 Å². The Labute approximate surface area is 110 Å². The van der Waals surface area contributed by atoms with Gasteiger partial charge in [-0.3, -0.25) is 9.59 Å². The maximum absolute atomic E-state index is 12.8. The second-order valence-electron chi connectivity index (χ2n) is 3.88. The molecule has 0 heterocycles. The first-order valence-electron chi connectivity index (χ1n) is 5.79. The predicted molar refractivity (Wildman–Crippen MR) is 66.2 cm³/mol. The Morgan fingerprint density at radius 1 is 1.37 bits per heavy atom. The number of aliphatic hydroxyl groups is 1. The Hall–Kier alpha value is -1.79. The monoisotopic (exact) mass is 269 g/mol. The van der Waals surface area contributed by atoms with Crippen molar-refractivity contribution in [1.82, 2.24) is 5.32 Å². The van der Waals surface area contributed by atoms with Gasteiger partial charge in [0.25, 0.3) is 0 Å². The molecule has 2 N–H and O–H groups in total. The number of hydrogen-bond donors (Lipinski definition) is 2. The quantitative estimate of drug-likeness (QED) is 0.557. The number of rotatable bonds is 7. The van der Waals surface area contributed by atoms with Crippen molar-refractivity contribution < 1.29 is 23.8 Å². The summed E-state index contributed by atoms with van der Waals surface area (Å²) < 4.78 is 17.3. The molecule has 1 rings (SSSR count). The topological polar surface area (TPSA) is 75.6 Å². The summed E-state index contributed by atoms with van der Waals surface area (Å²) >= 11 is 0. The zero-order chi connectivity index (χ0) is 14.3. The van der Waals surface area contributed by atoms with Crippen LogP contribution in [-0.2, 0) is 9.53 Å². The van der Waals surface area contributed by atoms with Crippen LogP contribution in [0.25, 0.3) is 0 Å². The Morgan fingerprint density at radius 3 is 2.53 bits per heavy atom. The minimum absolute atomic E-state index is 0.146. The van der Waals surface area contributed by atoms with E-state index in [1.807, 2.05) is 0 Å². The molecule has 0 aromatic heterocycles. The molecule has 1 aromatic rings. The molecular weight excluding hydrogens is 253 g/mol. The summed E-state index contributed by atoms with van der Waals surface area (Å²) in [7, 11) is 1.23. The van der Waals surface area contributed by atoms with Gasteiger partial charge in [0.15, 0.2) is 5.78 Å². The second kappa shape index (κ2) is 7.60. The van der Waals surface area contributed by atoms with E-state index in [0.717, 1.165) is 0 Å². The smallest absolute Gasteiger partial charge is 0.307 e. The van der Waals surface area contributed by atoms with Crippen molar-refractivity contribution in [3.8, 4) is 0 Å². The highest BCUT2D eigenvalue weighted by atomic mass is 19.1. The number of nitrogens with one attached hydrogen (secondary N) is 1. The summed E-state index contributed by atoms with van der Waals surface area (Å²) in [5.74, 6) is -1.32. The zero-order valence-electron chi connectivity index (χ0n) is 10.6. The lowest BCUT2D eigenvalue weighted by molar-refractivity contribution is -0.141. The molecule has 0 bridgehead atoms. The van der Waals surface area contributed by atoms with Gasteiger partial charge in [0.1, 0.15) is 5.82 Å². The number of esters is 1. The highest BCUT2D eigenvalue weighted by Gasteiger charge is 2.22. The van der Waals surface area contributed by atoms with Gasteiger partial charge in [-0.25, -0.2) is 4.39 Å². The molecule has 6 heteroatoms. The molecule has 5 nitrogen and oxygen atoms in total. The van der Waals surface area contributed by atoms with Crippen LogP contribution in [0.15, 0.2) is 24.3 Å². The summed E-state index contributed by atoms with van der Waals surface area (Å²) in [5, 5.41) is 11.5. The molecule has 104 valence electrons. The molecule has 1 unspecified atom stereocenters. The summed E-state index contributed by atoms with van der Waals surface area (Å²) in [4.78, 5) is 23.4. The van der Waals surface area contributed by atoms with E-state index < -0.39 is 17.8 Å². The molecule has 0 fully saturated rings. The number of ether oxygens (including phenoxy) is 1. The minimum atomic E-state index is -0.801. The molecule has 0 saturated heterocycles. The number of carbonyl (C=O) groups excluding carboxylic acids is 2. The lowest BCUT2D eigenvalue weighted by atomic mass is 10.0. The van der Waals surface area contributed by atoms with Crippen LogP contribution in [0, 0.1) is 5.82 Å². The summed E-state index contributed by atoms with van der Waals surface area (Å²) in [6, 6.07) is 4.25. The average Bonchev–Trinajstić information content (AvgIpc) is 2.43. The third kappa shape index (κ3) is 4.76. The molecule has 19 heavy (non-hydrogen) atoms. The fourth-order valence-electron chi connectivity index (χ4n) is 1.56. The van der Waals surface area contributed by atoms with Crippen LogP contribution in [0.3, 0.4) is 0 Å². The molecule has 0 aliphatic carbocycles. The van der Waals surface area contributed by atoms with Crippen LogP contribution >= 0.6 is 0 Å². The third-order valence-electron chi connectivity index (χ3n) is 2.55. The van der Waals surface area contributed by atoms with Gasteiger partial charge in [-0.1, -0.05) is 0 Å². The van der Waals surface area contributed by atoms with E-state index in [9.17, 15) is 14.0 Å². The number of halogens is 1. The van der Waals surface area contributed by atoms with Crippen molar-refractivity contribution in [2.24, 2.45) is 0 Å². The van der Waals surface area contributed by atoms with Gasteiger partial charge < -0.3 is 15.2 Å². The van der Waals surface area contributed by atoms with Crippen LogP contribution in [0.1, 0.15) is 16.8 Å². The number of methoxy groups -OCH3 is 1. The molecule has 0 radical (unpaired) electrons. The normalized spacial score (nSPS) is 11.9. The van der Waals surface area contributed by atoms with E-state index in [1.165, 1.54) is 31.4 Å². The van der Waals surface area contributed by atoms with Crippen molar-refractivity contribution in [2.75, 3.05) is 20.3 Å². The standard InChI is InChI=1S/C13H16FNO4/c1-19-12(17)8-11(15-6-7-16)13(18)9-2-4-10(14)5-3-9/h2-5,11,15-16H,6-8H2,1H3. The van der Waals surface area contributed by atoms with E-state index in [1.54, 1.807) is 0 Å². The van der Waals surface area contributed by atoms with Gasteiger partial charge in [-0.05, 0) is 24.3 Å². The van der Waals surface area contributed by atoms with Crippen molar-refractivity contribution in [1.29, 1.82) is 0 Å². The molecular formula is C13H16FNO4. The third-order valence-corrected chi connectivity index (χ3v) is 2.55. The molecule has 0 aliphatic heterocycles. The van der Waals surface area contributed by atoms with E-state index in [2.05, 4.69) is 10.1 Å². The lowest BCUT2D eigenvalue weighted by Gasteiger charge is -2.16. The molecule has 1 atom stereocenters. The van der Waals surface area contributed by atoms with Crippen LogP contribution in [0.4, 0.5) is 4.39 Å². The maximum Gasteiger partial charge on any atom is 0.307 e. The van der Waals surface area contributed by atoms with Crippen molar-refractivity contribution in [3.05, 3.63) is 35.6 Å². The minimum Gasteiger partial charge on any atom is -0.469 e. The van der Waals surface area contributed by atoms with Gasteiger partial charge in [-0.2, -0.15) is 0 Å². The van der Waals surface area contributed by atoms with Gasteiger partial charge in [-0.15, -0.1) is 0 Å². The lowest BCUT2D eigenvalue weighted by Crippen LogP contribution is -2.40. The van der Waals surface area contributed by atoms with E-state index in [0.29, 0.717) is 5.56 Å². The Bertz CT molecular complexity index is 433. The molecule has 0 aliphatic rings. The van der Waals surface area contributed by atoms with Crippen LogP contribution in [-0.4, -0.2) is 43.2 Å². The number of aliphatic hydroxyl groups excluding tert-OH is 1. The SMILES string of the molecule is COC(=O)CC(NCCO)C(=O)c1ccc(F)cc1. The first kappa shape index (κ1) is 15.3. The van der Waals surface area contributed by atoms with Crippen LogP contribution in [0.5, 0.6) is 0 Å². The van der Waals surface area contributed by atoms with E-state index >= 15 is 0 Å². The highest BCUT2D eigenvalue weighted by molar-refractivity contribution is 6.01. The highest BCUT2D eigenvalue weighted by Crippen LogP contribution is 2.09. The van der Waals surface area contributed by atoms with Crippen molar-refractivity contribution >= 4 is 11.8 Å². The largest absolute Gasteiger partial charge is 0.469 e. The molecule has 0 amide bonds. The fraction of sp³-hybridized carbons (Fsp3) is 0.385. The Kier molecular flexibility index (Phi) is 6.11. The molecule has 0 saturated carbocycles. The van der Waals surface area contributed by atoms with Gasteiger partial charge in [0.05, 0.1) is 26.2 Å². The summed E-state index contributed by atoms with van der Waals surface area (Å²) in [6.07, 6.45) is -0.146. The van der Waals surface area contributed by atoms with E-state index in [4.69, 9.17) is 5.11 Å². The van der Waals surface area contributed by atoms with Gasteiger partial charge in [0, 0.05) is 12.1 Å². The van der Waals surface area contributed by atoms with Crippen LogP contribution in [0.2, 0.25) is 0 Å². The first-order chi connectivity index (χ1) is 9.08. The van der Waals surface area contributed by atoms with Crippen molar-refractivity contribution in [2.45, 2.75) is 12.5 Å². The zero-order valence-corrected chi connectivity index (χ0v) is 10.6. The van der Waals surface area contributed by atoms with Gasteiger partial charge >= 0.3 is 5.97 Å². The Morgan fingerprint density at radius 2 is 2.00 bits per heavy atom. The maximum atomic E-state index is 12.8. The van der Waals surface area contributed by atoms with Gasteiger partial charge in [0.2, 0.25) is 0 Å². The number of hydrogen-bond acceptors (Lipinski definition) is 5. The van der Waals surface area contributed by atoms with Crippen LogP contribution < -0.4 is 5.32 Å². The first-order valence-corrected chi connectivity index (χ1v) is 5.79. The number of Topliss-reactive ketones (excluding diaryl/α,β-unsaturated/α-hetero) is 1. The molecule has 1 aromatic carbocycles. The molecule has 0 spiro atoms. The number of ketones is 1. The fourth-order valence-corrected chi connectivity index (χ4v) is 1.56. The summed E-state index contributed by atoms with van der Waals surface area (Å²) in [6.45, 7) is 0.0168. The average molecular weight is 269 g/mol. The summed E-state index contributed by atoms with van der Waals surface area (Å²) in [5.41, 5.74) is 0.292. The second-order valence-corrected chi connectivity index (χ2v) is 3.88. The van der Waals surface area contributed by atoms with E-state index in [-0.39, 0.29) is 25.4 Å². The number of carbonyl (C=O) groups is 2.